The first-order valence-electron chi connectivity index (χ1n) is 2.91. The Balaban J connectivity index is 2.96. The third-order valence-corrected chi connectivity index (χ3v) is 2.40. The van der Waals surface area contributed by atoms with Gasteiger partial charge < -0.3 is 0 Å². The van der Waals surface area contributed by atoms with Crippen LogP contribution in [0.2, 0.25) is 0 Å². The van der Waals surface area contributed by atoms with E-state index in [1.807, 2.05) is 17.9 Å². The lowest BCUT2D eigenvalue weighted by atomic mass is 10.3. The summed E-state index contributed by atoms with van der Waals surface area (Å²) in [7, 11) is 1.93. The van der Waals surface area contributed by atoms with Gasteiger partial charge in [0, 0.05) is 29.5 Å². The van der Waals surface area contributed by atoms with Gasteiger partial charge in [-0.1, -0.05) is 31.9 Å². The molecule has 0 fully saturated rings. The second-order valence-corrected chi connectivity index (χ2v) is 3.16. The maximum Gasteiger partial charge on any atom is 0.0770 e. The normalized spacial score (nSPS) is 10.3. The average molecular weight is 268 g/mol. The number of rotatable bonds is 2. The van der Waals surface area contributed by atoms with Crippen LogP contribution in [0.3, 0.4) is 0 Å². The second-order valence-electron chi connectivity index (χ2n) is 2.04. The molecule has 2 nitrogen and oxygen atoms in total. The smallest absolute Gasteiger partial charge is 0.0770 e. The summed E-state index contributed by atoms with van der Waals surface area (Å²) in [5.74, 6) is 0. The zero-order chi connectivity index (χ0) is 7.56. The molecule has 0 aliphatic heterocycles. The summed E-state index contributed by atoms with van der Waals surface area (Å²) in [5, 5.41) is 5.94. The molecule has 10 heavy (non-hydrogen) atoms. The monoisotopic (exact) mass is 266 g/mol. The van der Waals surface area contributed by atoms with E-state index >= 15 is 0 Å². The molecular weight excluding hydrogens is 260 g/mol. The number of hydrogen-bond donors (Lipinski definition) is 0. The van der Waals surface area contributed by atoms with Crippen molar-refractivity contribution in [2.24, 2.45) is 7.05 Å². The summed E-state index contributed by atoms with van der Waals surface area (Å²) in [6, 6.07) is 0. The molecule has 0 spiro atoms. The third-order valence-electron chi connectivity index (χ3n) is 1.26. The van der Waals surface area contributed by atoms with Crippen molar-refractivity contribution < 1.29 is 0 Å². The van der Waals surface area contributed by atoms with Crippen molar-refractivity contribution in [3.63, 3.8) is 0 Å². The third kappa shape index (κ3) is 1.61. The minimum absolute atomic E-state index is 0.828. The fraction of sp³-hybridized carbons (Fsp3) is 0.500. The lowest BCUT2D eigenvalue weighted by molar-refractivity contribution is 0.755. The van der Waals surface area contributed by atoms with Crippen LogP contribution in [-0.4, -0.2) is 9.78 Å². The van der Waals surface area contributed by atoms with E-state index in [1.54, 1.807) is 0 Å². The van der Waals surface area contributed by atoms with Gasteiger partial charge in [0.05, 0.1) is 5.69 Å². The number of aryl methyl sites for hydroxylation is 1. The van der Waals surface area contributed by atoms with Crippen LogP contribution >= 0.6 is 31.9 Å². The fourth-order valence-electron chi connectivity index (χ4n) is 0.808. The van der Waals surface area contributed by atoms with E-state index in [1.165, 1.54) is 5.56 Å². The van der Waals surface area contributed by atoms with Crippen LogP contribution in [0.5, 0.6) is 0 Å². The molecule has 0 aromatic carbocycles. The van der Waals surface area contributed by atoms with Gasteiger partial charge in [0.2, 0.25) is 0 Å². The van der Waals surface area contributed by atoms with Crippen molar-refractivity contribution in [2.45, 2.75) is 10.7 Å². The number of alkyl halides is 2. The molecule has 0 bridgehead atoms. The molecule has 0 saturated carbocycles. The van der Waals surface area contributed by atoms with E-state index < -0.39 is 0 Å². The van der Waals surface area contributed by atoms with E-state index in [4.69, 9.17) is 0 Å². The van der Waals surface area contributed by atoms with Crippen molar-refractivity contribution in [1.82, 2.24) is 9.78 Å². The predicted molar refractivity (Wildman–Crippen MR) is 48.5 cm³/mol. The number of aromatic nitrogens is 2. The van der Waals surface area contributed by atoms with E-state index in [0.29, 0.717) is 0 Å². The van der Waals surface area contributed by atoms with E-state index in [2.05, 4.69) is 37.0 Å². The van der Waals surface area contributed by atoms with Gasteiger partial charge in [0.15, 0.2) is 0 Å². The Morgan fingerprint density at radius 2 is 2.20 bits per heavy atom. The summed E-state index contributed by atoms with van der Waals surface area (Å²) < 4.78 is 1.83. The van der Waals surface area contributed by atoms with Crippen molar-refractivity contribution in [3.05, 3.63) is 17.5 Å². The summed E-state index contributed by atoms with van der Waals surface area (Å²) in [6.07, 6.45) is 2.02. The molecule has 1 heterocycles. The quantitative estimate of drug-likeness (QED) is 0.752. The average Bonchev–Trinajstić information content (AvgIpc) is 2.30. The zero-order valence-corrected chi connectivity index (χ0v) is 8.81. The number of nitrogens with zero attached hydrogens (tertiary/aromatic N) is 2. The lowest BCUT2D eigenvalue weighted by Crippen LogP contribution is -1.88. The molecule has 0 saturated heterocycles. The molecule has 4 heteroatoms. The summed E-state index contributed by atoms with van der Waals surface area (Å²) in [4.78, 5) is 0. The van der Waals surface area contributed by atoms with Crippen LogP contribution < -0.4 is 0 Å². The van der Waals surface area contributed by atoms with Gasteiger partial charge in [-0.15, -0.1) is 0 Å². The molecule has 0 aliphatic carbocycles. The highest BCUT2D eigenvalue weighted by Crippen LogP contribution is 2.12. The Bertz CT molecular complexity index is 198. The van der Waals surface area contributed by atoms with Crippen LogP contribution in [0.1, 0.15) is 11.3 Å². The Morgan fingerprint density at radius 3 is 2.60 bits per heavy atom. The van der Waals surface area contributed by atoms with Gasteiger partial charge in [-0.3, -0.25) is 4.68 Å². The molecule has 0 aliphatic rings. The highest BCUT2D eigenvalue weighted by molar-refractivity contribution is 9.09. The first-order valence-corrected chi connectivity index (χ1v) is 5.15. The molecule has 1 rings (SSSR count). The van der Waals surface area contributed by atoms with Crippen molar-refractivity contribution in [1.29, 1.82) is 0 Å². The first-order chi connectivity index (χ1) is 4.77. The lowest BCUT2D eigenvalue weighted by Gasteiger charge is -1.88. The van der Waals surface area contributed by atoms with Crippen LogP contribution in [-0.2, 0) is 17.7 Å². The molecule has 1 aromatic rings. The highest BCUT2D eigenvalue weighted by atomic mass is 79.9. The highest BCUT2D eigenvalue weighted by Gasteiger charge is 2.02. The molecule has 0 N–H and O–H groups in total. The molecule has 1 aromatic heterocycles. The van der Waals surface area contributed by atoms with Crippen LogP contribution in [0.25, 0.3) is 0 Å². The Labute approximate surface area is 76.9 Å². The minimum atomic E-state index is 0.828. The van der Waals surface area contributed by atoms with Gasteiger partial charge in [0.25, 0.3) is 0 Å². The van der Waals surface area contributed by atoms with Crippen LogP contribution in [0.15, 0.2) is 6.20 Å². The minimum Gasteiger partial charge on any atom is -0.275 e. The number of hydrogen-bond acceptors (Lipinski definition) is 1. The molecule has 0 unspecified atom stereocenters. The predicted octanol–water partition coefficient (Wildman–Crippen LogP) is 2.21. The Kier molecular flexibility index (Phi) is 2.92. The van der Waals surface area contributed by atoms with Gasteiger partial charge in [-0.2, -0.15) is 5.10 Å². The van der Waals surface area contributed by atoms with Crippen molar-refractivity contribution in [3.8, 4) is 0 Å². The van der Waals surface area contributed by atoms with E-state index in [-0.39, 0.29) is 0 Å². The molecule has 0 radical (unpaired) electrons. The van der Waals surface area contributed by atoms with Crippen molar-refractivity contribution >= 4 is 31.9 Å². The summed E-state index contributed by atoms with van der Waals surface area (Å²) in [6.45, 7) is 0. The SMILES string of the molecule is Cn1cc(CBr)c(CBr)n1. The maximum atomic E-state index is 4.24. The first kappa shape index (κ1) is 8.27. The van der Waals surface area contributed by atoms with Gasteiger partial charge in [-0.25, -0.2) is 0 Å². The Hall–Kier alpha value is 0.170. The standard InChI is InChI=1S/C6H8Br2N2/c1-10-4-5(2-7)6(3-8)9-10/h4H,2-3H2,1H3. The topological polar surface area (TPSA) is 17.8 Å². The Morgan fingerprint density at radius 1 is 1.50 bits per heavy atom. The fourth-order valence-corrected chi connectivity index (χ4v) is 1.75. The molecule has 0 amide bonds. The van der Waals surface area contributed by atoms with Gasteiger partial charge >= 0.3 is 0 Å². The van der Waals surface area contributed by atoms with Gasteiger partial charge in [0.1, 0.15) is 0 Å². The summed E-state index contributed by atoms with van der Waals surface area (Å²) in [5.41, 5.74) is 2.36. The number of halogens is 2. The second kappa shape index (κ2) is 3.53. The van der Waals surface area contributed by atoms with Crippen molar-refractivity contribution in [2.75, 3.05) is 0 Å². The van der Waals surface area contributed by atoms with E-state index in [0.717, 1.165) is 16.4 Å². The molecule has 0 atom stereocenters. The maximum absolute atomic E-state index is 4.24. The van der Waals surface area contributed by atoms with Gasteiger partial charge in [-0.05, 0) is 0 Å². The molecular formula is C6H8Br2N2. The van der Waals surface area contributed by atoms with E-state index in [9.17, 15) is 0 Å². The summed E-state index contributed by atoms with van der Waals surface area (Å²) >= 11 is 6.75. The zero-order valence-electron chi connectivity index (χ0n) is 5.64. The van der Waals surface area contributed by atoms with Crippen LogP contribution in [0, 0.1) is 0 Å². The van der Waals surface area contributed by atoms with Crippen LogP contribution in [0.4, 0.5) is 0 Å². The largest absolute Gasteiger partial charge is 0.275 e. The molecule has 56 valence electrons.